The lowest BCUT2D eigenvalue weighted by atomic mass is 10.2. The first-order valence-corrected chi connectivity index (χ1v) is 7.03. The highest BCUT2D eigenvalue weighted by Crippen LogP contribution is 2.28. The summed E-state index contributed by atoms with van der Waals surface area (Å²) in [5.41, 5.74) is 1.64. The van der Waals surface area contributed by atoms with Gasteiger partial charge in [-0.1, -0.05) is 17.7 Å². The van der Waals surface area contributed by atoms with Gasteiger partial charge in [-0.25, -0.2) is 4.68 Å². The molecule has 8 heteroatoms. The van der Waals surface area contributed by atoms with Crippen molar-refractivity contribution in [3.05, 3.63) is 59.4 Å². The van der Waals surface area contributed by atoms with Crippen LogP contribution in [0, 0.1) is 0 Å². The van der Waals surface area contributed by atoms with Crippen molar-refractivity contribution < 1.29 is 9.53 Å². The number of nitrogens with one attached hydrogen (secondary N) is 1. The number of carbonyl (C=O) groups excluding carboxylic acids is 1. The van der Waals surface area contributed by atoms with Crippen LogP contribution in [0.15, 0.2) is 48.8 Å². The number of benzene rings is 2. The Kier molecular flexibility index (Phi) is 4.20. The van der Waals surface area contributed by atoms with Gasteiger partial charge in [0.05, 0.1) is 18.5 Å². The van der Waals surface area contributed by atoms with Crippen LogP contribution in [0.2, 0.25) is 5.02 Å². The van der Waals surface area contributed by atoms with E-state index < -0.39 is 0 Å². The first kappa shape index (κ1) is 15.0. The molecule has 0 aliphatic carbocycles. The van der Waals surface area contributed by atoms with Gasteiger partial charge in [-0.05, 0) is 46.8 Å². The first-order chi connectivity index (χ1) is 11.2. The van der Waals surface area contributed by atoms with E-state index in [0.717, 1.165) is 0 Å². The number of nitrogens with zero attached hydrogens (tertiary/aromatic N) is 4. The number of hydrogen-bond acceptors (Lipinski definition) is 5. The largest absolute Gasteiger partial charge is 0.495 e. The molecule has 116 valence electrons. The van der Waals surface area contributed by atoms with Crippen LogP contribution in [0.5, 0.6) is 5.75 Å². The number of amides is 1. The van der Waals surface area contributed by atoms with Gasteiger partial charge in [-0.3, -0.25) is 4.79 Å². The van der Waals surface area contributed by atoms with E-state index >= 15 is 0 Å². The van der Waals surface area contributed by atoms with Gasteiger partial charge in [0.1, 0.15) is 12.1 Å². The van der Waals surface area contributed by atoms with Crippen LogP contribution < -0.4 is 10.1 Å². The third-order valence-corrected chi connectivity index (χ3v) is 3.37. The fourth-order valence-electron chi connectivity index (χ4n) is 2.04. The van der Waals surface area contributed by atoms with Crippen LogP contribution >= 0.6 is 11.6 Å². The third-order valence-electron chi connectivity index (χ3n) is 3.13. The molecular weight excluding hydrogens is 318 g/mol. The second-order valence-electron chi connectivity index (χ2n) is 4.60. The lowest BCUT2D eigenvalue weighted by molar-refractivity contribution is 0.102. The van der Waals surface area contributed by atoms with Gasteiger partial charge in [0.15, 0.2) is 0 Å². The molecule has 7 nitrogen and oxygen atoms in total. The summed E-state index contributed by atoms with van der Waals surface area (Å²) in [6.07, 6.45) is 1.46. The Labute approximate surface area is 136 Å². The lowest BCUT2D eigenvalue weighted by Gasteiger charge is -2.11. The zero-order valence-corrected chi connectivity index (χ0v) is 12.9. The van der Waals surface area contributed by atoms with Gasteiger partial charge >= 0.3 is 0 Å². The Bertz CT molecular complexity index is 836. The molecule has 1 heterocycles. The molecule has 1 aromatic heterocycles. The van der Waals surface area contributed by atoms with Crippen LogP contribution in [0.4, 0.5) is 5.69 Å². The Balaban J connectivity index is 1.87. The number of hydrogen-bond donors (Lipinski definition) is 1. The Morgan fingerprint density at radius 2 is 2.13 bits per heavy atom. The molecule has 0 fully saturated rings. The third kappa shape index (κ3) is 3.29. The standard InChI is InChI=1S/C15H12ClN5O2/c1-23-14-6-5-11(16)8-13(14)18-15(22)10-3-2-4-12(7-10)21-9-17-19-20-21/h2-9H,1H3,(H,18,22). The number of ether oxygens (including phenoxy) is 1. The molecule has 0 unspecified atom stereocenters. The zero-order chi connectivity index (χ0) is 16.2. The first-order valence-electron chi connectivity index (χ1n) is 6.65. The fourth-order valence-corrected chi connectivity index (χ4v) is 2.21. The fraction of sp³-hybridized carbons (Fsp3) is 0.0667. The summed E-state index contributed by atoms with van der Waals surface area (Å²) in [5.74, 6) is 0.236. The molecule has 0 atom stereocenters. The highest BCUT2D eigenvalue weighted by molar-refractivity contribution is 6.31. The van der Waals surface area contributed by atoms with Gasteiger partial charge in [0.25, 0.3) is 5.91 Å². The van der Waals surface area contributed by atoms with Crippen molar-refractivity contribution in [1.29, 1.82) is 0 Å². The Hall–Kier alpha value is -2.93. The topological polar surface area (TPSA) is 81.9 Å². The van der Waals surface area contributed by atoms with E-state index in [1.54, 1.807) is 42.5 Å². The molecule has 0 saturated carbocycles. The van der Waals surface area contributed by atoms with Crippen LogP contribution in [0.3, 0.4) is 0 Å². The molecule has 0 aliphatic heterocycles. The molecular formula is C15H12ClN5O2. The molecule has 0 bridgehead atoms. The SMILES string of the molecule is COc1ccc(Cl)cc1NC(=O)c1cccc(-n2cnnn2)c1. The Morgan fingerprint density at radius 1 is 1.26 bits per heavy atom. The maximum Gasteiger partial charge on any atom is 0.255 e. The number of methoxy groups -OCH3 is 1. The van der Waals surface area contributed by atoms with E-state index in [1.165, 1.54) is 18.1 Å². The molecule has 1 N–H and O–H groups in total. The number of halogens is 1. The maximum atomic E-state index is 12.4. The van der Waals surface area contributed by atoms with Gasteiger partial charge in [-0.15, -0.1) is 5.10 Å². The van der Waals surface area contributed by atoms with Crippen molar-refractivity contribution >= 4 is 23.2 Å². The van der Waals surface area contributed by atoms with Crippen molar-refractivity contribution in [2.75, 3.05) is 12.4 Å². The van der Waals surface area contributed by atoms with Crippen LogP contribution in [-0.2, 0) is 0 Å². The molecule has 3 aromatic rings. The van der Waals surface area contributed by atoms with Gasteiger partial charge in [0, 0.05) is 10.6 Å². The molecule has 0 saturated heterocycles. The van der Waals surface area contributed by atoms with E-state index in [1.807, 2.05) is 0 Å². The predicted molar refractivity (Wildman–Crippen MR) is 85.1 cm³/mol. The van der Waals surface area contributed by atoms with Crippen LogP contribution in [0.25, 0.3) is 5.69 Å². The second-order valence-corrected chi connectivity index (χ2v) is 5.04. The van der Waals surface area contributed by atoms with Crippen molar-refractivity contribution in [3.8, 4) is 11.4 Å². The van der Waals surface area contributed by atoms with Crippen LogP contribution in [-0.4, -0.2) is 33.2 Å². The highest BCUT2D eigenvalue weighted by atomic mass is 35.5. The lowest BCUT2D eigenvalue weighted by Crippen LogP contribution is -2.13. The highest BCUT2D eigenvalue weighted by Gasteiger charge is 2.11. The number of tetrazole rings is 1. The van der Waals surface area contributed by atoms with Crippen molar-refractivity contribution in [2.24, 2.45) is 0 Å². The van der Waals surface area contributed by atoms with E-state index in [4.69, 9.17) is 16.3 Å². The molecule has 0 spiro atoms. The van der Waals surface area contributed by atoms with E-state index in [-0.39, 0.29) is 5.91 Å². The van der Waals surface area contributed by atoms with Crippen molar-refractivity contribution in [2.45, 2.75) is 0 Å². The molecule has 2 aromatic carbocycles. The normalized spacial score (nSPS) is 10.3. The summed E-state index contributed by atoms with van der Waals surface area (Å²) >= 11 is 5.96. The van der Waals surface area contributed by atoms with E-state index in [0.29, 0.717) is 27.7 Å². The summed E-state index contributed by atoms with van der Waals surface area (Å²) in [5, 5.41) is 14.2. The summed E-state index contributed by atoms with van der Waals surface area (Å²) in [6.45, 7) is 0. The van der Waals surface area contributed by atoms with Gasteiger partial charge < -0.3 is 10.1 Å². The number of anilines is 1. The average molecular weight is 330 g/mol. The Morgan fingerprint density at radius 3 is 2.87 bits per heavy atom. The summed E-state index contributed by atoms with van der Waals surface area (Å²) < 4.78 is 6.68. The molecule has 23 heavy (non-hydrogen) atoms. The predicted octanol–water partition coefficient (Wildman–Crippen LogP) is 2.58. The summed E-state index contributed by atoms with van der Waals surface area (Å²) in [4.78, 5) is 12.4. The average Bonchev–Trinajstić information content (AvgIpc) is 3.10. The summed E-state index contributed by atoms with van der Waals surface area (Å²) in [6, 6.07) is 11.9. The molecule has 3 rings (SSSR count). The van der Waals surface area contributed by atoms with Crippen molar-refractivity contribution in [1.82, 2.24) is 20.2 Å². The number of carbonyl (C=O) groups is 1. The monoisotopic (exact) mass is 329 g/mol. The molecule has 0 radical (unpaired) electrons. The summed E-state index contributed by atoms with van der Waals surface area (Å²) in [7, 11) is 1.53. The van der Waals surface area contributed by atoms with E-state index in [9.17, 15) is 4.79 Å². The number of rotatable bonds is 4. The molecule has 1 amide bonds. The van der Waals surface area contributed by atoms with E-state index in [2.05, 4.69) is 20.8 Å². The van der Waals surface area contributed by atoms with Crippen LogP contribution in [0.1, 0.15) is 10.4 Å². The van der Waals surface area contributed by atoms with Gasteiger partial charge in [-0.2, -0.15) is 0 Å². The number of aromatic nitrogens is 4. The molecule has 0 aliphatic rings. The van der Waals surface area contributed by atoms with Crippen molar-refractivity contribution in [3.63, 3.8) is 0 Å². The quantitative estimate of drug-likeness (QED) is 0.795. The maximum absolute atomic E-state index is 12.4. The minimum absolute atomic E-state index is 0.291. The second kappa shape index (κ2) is 6.45. The zero-order valence-electron chi connectivity index (χ0n) is 12.1. The minimum Gasteiger partial charge on any atom is -0.495 e. The minimum atomic E-state index is -0.291. The van der Waals surface area contributed by atoms with Gasteiger partial charge in [0.2, 0.25) is 0 Å². The smallest absolute Gasteiger partial charge is 0.255 e.